The Hall–Kier alpha value is -1.17. The number of methoxy groups -OCH3 is 1. The zero-order valence-electron chi connectivity index (χ0n) is 11.4. The molecule has 1 aromatic heterocycles. The average Bonchev–Trinajstić information content (AvgIpc) is 2.83. The zero-order chi connectivity index (χ0) is 14.7. The largest absolute Gasteiger partial charge is 0.480 e. The molecule has 0 aliphatic carbocycles. The molecule has 1 N–H and O–H groups in total. The van der Waals surface area contributed by atoms with E-state index in [-0.39, 0.29) is 0 Å². The van der Waals surface area contributed by atoms with Gasteiger partial charge in [0.2, 0.25) is 5.88 Å². The summed E-state index contributed by atoms with van der Waals surface area (Å²) in [5.74, 6) is 0.645. The summed E-state index contributed by atoms with van der Waals surface area (Å²) in [5, 5.41) is 5.27. The molecule has 0 amide bonds. The van der Waals surface area contributed by atoms with Gasteiger partial charge in [-0.15, -0.1) is 0 Å². The van der Waals surface area contributed by atoms with E-state index in [1.54, 1.807) is 30.6 Å². The molecular formula is C13H15Cl2N3OS. The molecule has 2 rings (SSSR count). The average molecular weight is 332 g/mol. The van der Waals surface area contributed by atoms with Gasteiger partial charge in [-0.25, -0.2) is 0 Å². The number of aromatic nitrogens is 1. The van der Waals surface area contributed by atoms with Crippen molar-refractivity contribution in [3.63, 3.8) is 0 Å². The normalized spacial score (nSPS) is 10.4. The Labute approximate surface area is 132 Å². The fourth-order valence-electron chi connectivity index (χ4n) is 1.58. The second-order valence-corrected chi connectivity index (χ2v) is 6.18. The molecule has 1 heterocycles. The number of rotatable bonds is 5. The summed E-state index contributed by atoms with van der Waals surface area (Å²) >= 11 is 13.5. The molecule has 0 fully saturated rings. The lowest BCUT2D eigenvalue weighted by atomic mass is 10.3. The highest BCUT2D eigenvalue weighted by Crippen LogP contribution is 2.31. The third kappa shape index (κ3) is 3.48. The minimum absolute atomic E-state index is 0.530. The molecule has 0 saturated heterocycles. The zero-order valence-corrected chi connectivity index (χ0v) is 13.7. The molecule has 7 heteroatoms. The Morgan fingerprint density at radius 3 is 2.65 bits per heavy atom. The van der Waals surface area contributed by atoms with E-state index in [1.165, 1.54) is 0 Å². The predicted molar refractivity (Wildman–Crippen MR) is 86.8 cm³/mol. The number of nitrogens with one attached hydrogen (secondary N) is 1. The van der Waals surface area contributed by atoms with Crippen LogP contribution in [0.3, 0.4) is 0 Å². The Morgan fingerprint density at radius 1 is 1.30 bits per heavy atom. The number of hydrogen-bond acceptors (Lipinski definition) is 5. The minimum Gasteiger partial charge on any atom is -0.480 e. The van der Waals surface area contributed by atoms with Crippen LogP contribution in [0.4, 0.5) is 10.8 Å². The maximum absolute atomic E-state index is 5.99. The first-order valence-corrected chi connectivity index (χ1v) is 7.48. The lowest BCUT2D eigenvalue weighted by Gasteiger charge is -2.07. The topological polar surface area (TPSA) is 37.4 Å². The third-order valence-corrected chi connectivity index (χ3v) is 4.54. The second kappa shape index (κ2) is 6.52. The van der Waals surface area contributed by atoms with Gasteiger partial charge >= 0.3 is 0 Å². The Kier molecular flexibility index (Phi) is 4.96. The monoisotopic (exact) mass is 331 g/mol. The molecule has 0 spiro atoms. The standard InChI is InChI=1S/C13H15Cl2N3OS/c1-18(2)13-17-12(19-3)11(20-13)7-16-8-4-5-9(14)10(15)6-8/h4-6,16H,7H2,1-3H3. The molecule has 4 nitrogen and oxygen atoms in total. The van der Waals surface area contributed by atoms with Gasteiger partial charge in [0.05, 0.1) is 28.6 Å². The molecule has 0 aliphatic heterocycles. The smallest absolute Gasteiger partial charge is 0.231 e. The SMILES string of the molecule is COc1nc(N(C)C)sc1CNc1ccc(Cl)c(Cl)c1. The molecule has 20 heavy (non-hydrogen) atoms. The van der Waals surface area contributed by atoms with Crippen molar-refractivity contribution in [3.8, 4) is 5.88 Å². The highest BCUT2D eigenvalue weighted by molar-refractivity contribution is 7.15. The van der Waals surface area contributed by atoms with E-state index in [2.05, 4.69) is 10.3 Å². The van der Waals surface area contributed by atoms with Gasteiger partial charge in [-0.3, -0.25) is 0 Å². The van der Waals surface area contributed by atoms with E-state index < -0.39 is 0 Å². The van der Waals surface area contributed by atoms with E-state index in [4.69, 9.17) is 27.9 Å². The van der Waals surface area contributed by atoms with E-state index in [1.807, 2.05) is 25.1 Å². The number of nitrogens with zero attached hydrogens (tertiary/aromatic N) is 2. The van der Waals surface area contributed by atoms with Crippen LogP contribution in [0.5, 0.6) is 5.88 Å². The van der Waals surface area contributed by atoms with E-state index in [9.17, 15) is 0 Å². The summed E-state index contributed by atoms with van der Waals surface area (Å²) in [6, 6.07) is 5.44. The van der Waals surface area contributed by atoms with Crippen LogP contribution in [0.25, 0.3) is 0 Å². The first-order chi connectivity index (χ1) is 9.51. The maximum atomic E-state index is 5.99. The van der Waals surface area contributed by atoms with Crippen LogP contribution in [-0.4, -0.2) is 26.2 Å². The van der Waals surface area contributed by atoms with Crippen molar-refractivity contribution in [1.29, 1.82) is 0 Å². The summed E-state index contributed by atoms with van der Waals surface area (Å²) in [6.45, 7) is 0.618. The van der Waals surface area contributed by atoms with Crippen LogP contribution in [0.2, 0.25) is 10.0 Å². The summed E-state index contributed by atoms with van der Waals surface area (Å²) in [5.41, 5.74) is 0.904. The minimum atomic E-state index is 0.530. The molecule has 2 aromatic rings. The molecule has 0 aliphatic rings. The number of benzene rings is 1. The fourth-order valence-corrected chi connectivity index (χ4v) is 2.77. The number of halogens is 2. The summed E-state index contributed by atoms with van der Waals surface area (Å²) in [7, 11) is 5.53. The van der Waals surface area contributed by atoms with Crippen molar-refractivity contribution in [3.05, 3.63) is 33.1 Å². The van der Waals surface area contributed by atoms with Crippen LogP contribution >= 0.6 is 34.5 Å². The van der Waals surface area contributed by atoms with Crippen molar-refractivity contribution < 1.29 is 4.74 Å². The highest BCUT2D eigenvalue weighted by Gasteiger charge is 2.13. The fraction of sp³-hybridized carbons (Fsp3) is 0.308. The van der Waals surface area contributed by atoms with Gasteiger partial charge in [0.25, 0.3) is 0 Å². The number of hydrogen-bond donors (Lipinski definition) is 1. The second-order valence-electron chi connectivity index (χ2n) is 4.31. The van der Waals surface area contributed by atoms with Crippen molar-refractivity contribution >= 4 is 45.4 Å². The number of anilines is 2. The molecule has 0 radical (unpaired) electrons. The molecule has 1 aromatic carbocycles. The van der Waals surface area contributed by atoms with Crippen LogP contribution in [0, 0.1) is 0 Å². The van der Waals surface area contributed by atoms with Gasteiger partial charge in [0.1, 0.15) is 0 Å². The van der Waals surface area contributed by atoms with E-state index >= 15 is 0 Å². The predicted octanol–water partition coefficient (Wildman–Crippen LogP) is 4.14. The van der Waals surface area contributed by atoms with Gasteiger partial charge in [0.15, 0.2) is 5.13 Å². The molecular weight excluding hydrogens is 317 g/mol. The van der Waals surface area contributed by atoms with Gasteiger partial charge < -0.3 is 15.0 Å². The van der Waals surface area contributed by atoms with Gasteiger partial charge in [-0.05, 0) is 18.2 Å². The van der Waals surface area contributed by atoms with Crippen LogP contribution in [0.1, 0.15) is 4.88 Å². The van der Waals surface area contributed by atoms with Gasteiger partial charge in [0, 0.05) is 19.8 Å². The molecule has 108 valence electrons. The number of thiazole rings is 1. The van der Waals surface area contributed by atoms with Crippen LogP contribution < -0.4 is 15.0 Å². The lowest BCUT2D eigenvalue weighted by Crippen LogP contribution is -2.07. The van der Waals surface area contributed by atoms with Crippen molar-refractivity contribution in [2.45, 2.75) is 6.54 Å². The van der Waals surface area contributed by atoms with Gasteiger partial charge in [-0.1, -0.05) is 34.5 Å². The van der Waals surface area contributed by atoms with Gasteiger partial charge in [-0.2, -0.15) is 4.98 Å². The molecule has 0 atom stereocenters. The number of ether oxygens (including phenoxy) is 1. The van der Waals surface area contributed by atoms with E-state index in [0.29, 0.717) is 22.5 Å². The van der Waals surface area contributed by atoms with Crippen molar-refractivity contribution in [2.24, 2.45) is 0 Å². The van der Waals surface area contributed by atoms with Crippen molar-refractivity contribution in [1.82, 2.24) is 4.98 Å². The highest BCUT2D eigenvalue weighted by atomic mass is 35.5. The summed E-state index contributed by atoms with van der Waals surface area (Å²) in [4.78, 5) is 7.39. The third-order valence-electron chi connectivity index (χ3n) is 2.60. The Bertz CT molecular complexity index is 601. The Morgan fingerprint density at radius 2 is 2.05 bits per heavy atom. The molecule has 0 bridgehead atoms. The van der Waals surface area contributed by atoms with Crippen molar-refractivity contribution in [2.75, 3.05) is 31.4 Å². The summed E-state index contributed by atoms with van der Waals surface area (Å²) < 4.78 is 5.29. The summed E-state index contributed by atoms with van der Waals surface area (Å²) in [6.07, 6.45) is 0. The Balaban J connectivity index is 2.11. The molecule has 0 saturated carbocycles. The first kappa shape index (κ1) is 15.2. The maximum Gasteiger partial charge on any atom is 0.231 e. The lowest BCUT2D eigenvalue weighted by molar-refractivity contribution is 0.397. The quantitative estimate of drug-likeness (QED) is 0.893. The van der Waals surface area contributed by atoms with Crippen LogP contribution in [0.15, 0.2) is 18.2 Å². The first-order valence-electron chi connectivity index (χ1n) is 5.91. The molecule has 0 unspecified atom stereocenters. The van der Waals surface area contributed by atoms with Crippen LogP contribution in [-0.2, 0) is 6.54 Å². The van der Waals surface area contributed by atoms with E-state index in [0.717, 1.165) is 15.7 Å².